The van der Waals surface area contributed by atoms with Crippen molar-refractivity contribution in [2.24, 2.45) is 0 Å². The zero-order chi connectivity index (χ0) is 22.1. The van der Waals surface area contributed by atoms with Crippen LogP contribution in [0.2, 0.25) is 0 Å². The Balaban J connectivity index is 0.00000289. The summed E-state index contributed by atoms with van der Waals surface area (Å²) in [6, 6.07) is 8.90. The lowest BCUT2D eigenvalue weighted by Gasteiger charge is -2.14. The minimum absolute atomic E-state index is 0. The Hall–Kier alpha value is -3.85. The Bertz CT molecular complexity index is 1310. The van der Waals surface area contributed by atoms with Gasteiger partial charge in [-0.15, -0.1) is 12.4 Å². The zero-order valence-electron chi connectivity index (χ0n) is 17.8. The molecule has 0 atom stereocenters. The number of methoxy groups -OCH3 is 4. The third kappa shape index (κ3) is 3.78. The molecule has 3 N–H and O–H groups in total. The van der Waals surface area contributed by atoms with Crippen LogP contribution in [-0.2, 0) is 0 Å². The van der Waals surface area contributed by atoms with Crippen LogP contribution in [-0.4, -0.2) is 38.4 Å². The van der Waals surface area contributed by atoms with Crippen LogP contribution in [0.25, 0.3) is 33.6 Å². The van der Waals surface area contributed by atoms with Crippen LogP contribution in [0.1, 0.15) is 0 Å². The molecule has 0 radical (unpaired) electrons. The van der Waals surface area contributed by atoms with E-state index in [-0.39, 0.29) is 18.1 Å². The number of H-pyrrole nitrogens is 1. The number of ether oxygens (including phenoxy) is 4. The van der Waals surface area contributed by atoms with Crippen molar-refractivity contribution in [1.29, 1.82) is 0 Å². The Kier molecular flexibility index (Phi) is 6.50. The SMILES string of the molecule is COc1ccc(-c2oc3[nH]c(=O)ncc3c2-c2cc(OC)c(OC)c(OC)c2)cc1N.Cl. The van der Waals surface area contributed by atoms with Crippen LogP contribution < -0.4 is 30.4 Å². The van der Waals surface area contributed by atoms with Gasteiger partial charge < -0.3 is 29.1 Å². The van der Waals surface area contributed by atoms with Crippen molar-refractivity contribution in [3.8, 4) is 45.4 Å². The summed E-state index contributed by atoms with van der Waals surface area (Å²) in [6.45, 7) is 0. The highest BCUT2D eigenvalue weighted by molar-refractivity contribution is 6.01. The highest BCUT2D eigenvalue weighted by Crippen LogP contribution is 2.46. The number of nitrogens with zero attached hydrogens (tertiary/aromatic N) is 1. The Morgan fingerprint density at radius 2 is 1.56 bits per heavy atom. The van der Waals surface area contributed by atoms with E-state index in [4.69, 9.17) is 29.1 Å². The first kappa shape index (κ1) is 22.8. The molecule has 2 aromatic carbocycles. The summed E-state index contributed by atoms with van der Waals surface area (Å²) in [6.07, 6.45) is 1.46. The Labute approximate surface area is 189 Å². The molecule has 0 aliphatic rings. The highest BCUT2D eigenvalue weighted by atomic mass is 35.5. The first-order chi connectivity index (χ1) is 15.0. The summed E-state index contributed by atoms with van der Waals surface area (Å²) in [4.78, 5) is 18.3. The summed E-state index contributed by atoms with van der Waals surface area (Å²) in [7, 11) is 6.16. The number of halogens is 1. The third-order valence-electron chi connectivity index (χ3n) is 4.92. The van der Waals surface area contributed by atoms with Gasteiger partial charge in [-0.25, -0.2) is 9.78 Å². The molecule has 0 amide bonds. The predicted octanol–water partition coefficient (Wildman–Crippen LogP) is 3.89. The molecule has 0 bridgehead atoms. The summed E-state index contributed by atoms with van der Waals surface area (Å²) >= 11 is 0. The van der Waals surface area contributed by atoms with Gasteiger partial charge in [0.05, 0.1) is 39.5 Å². The number of nitrogens with one attached hydrogen (secondary N) is 1. The van der Waals surface area contributed by atoms with E-state index in [0.29, 0.717) is 56.5 Å². The number of hydrogen-bond acceptors (Lipinski definition) is 8. The number of benzene rings is 2. The van der Waals surface area contributed by atoms with E-state index in [1.807, 2.05) is 6.07 Å². The molecule has 168 valence electrons. The minimum atomic E-state index is -0.515. The first-order valence-electron chi connectivity index (χ1n) is 9.26. The fourth-order valence-corrected chi connectivity index (χ4v) is 3.50. The fraction of sp³-hybridized carbons (Fsp3) is 0.182. The predicted molar refractivity (Wildman–Crippen MR) is 123 cm³/mol. The molecule has 0 saturated carbocycles. The van der Waals surface area contributed by atoms with Gasteiger partial charge in [0, 0.05) is 17.3 Å². The molecule has 0 aliphatic heterocycles. The smallest absolute Gasteiger partial charge is 0.347 e. The molecule has 32 heavy (non-hydrogen) atoms. The molecule has 0 fully saturated rings. The molecule has 0 spiro atoms. The average molecular weight is 460 g/mol. The van der Waals surface area contributed by atoms with E-state index in [2.05, 4.69) is 9.97 Å². The minimum Gasteiger partial charge on any atom is -0.495 e. The molecule has 2 heterocycles. The van der Waals surface area contributed by atoms with Crippen molar-refractivity contribution < 1.29 is 23.4 Å². The second-order valence-corrected chi connectivity index (χ2v) is 6.61. The average Bonchev–Trinajstić information content (AvgIpc) is 3.16. The van der Waals surface area contributed by atoms with Crippen LogP contribution in [0.3, 0.4) is 0 Å². The van der Waals surface area contributed by atoms with Crippen molar-refractivity contribution in [2.75, 3.05) is 34.2 Å². The normalized spacial score (nSPS) is 10.5. The quantitative estimate of drug-likeness (QED) is 0.416. The van der Waals surface area contributed by atoms with Crippen LogP contribution in [0, 0.1) is 0 Å². The summed E-state index contributed by atoms with van der Waals surface area (Å²) < 4.78 is 27.7. The third-order valence-corrected chi connectivity index (χ3v) is 4.92. The second kappa shape index (κ2) is 9.11. The molecule has 10 heteroatoms. The van der Waals surface area contributed by atoms with E-state index in [1.165, 1.54) is 13.3 Å². The number of rotatable bonds is 6. The standard InChI is InChI=1S/C22H21N3O6.ClH/c1-27-15-6-5-11(7-14(15)23)19-18(13-10-24-22(26)25-21(13)31-19)12-8-16(28-2)20(30-4)17(9-12)29-3;/h5-10H,23H2,1-4H3,(H,24,25,26);1H. The molecule has 4 aromatic rings. The molecular weight excluding hydrogens is 438 g/mol. The second-order valence-electron chi connectivity index (χ2n) is 6.61. The van der Waals surface area contributed by atoms with Crippen LogP contribution >= 0.6 is 12.4 Å². The number of anilines is 1. The lowest BCUT2D eigenvalue weighted by molar-refractivity contribution is 0.324. The number of hydrogen-bond donors (Lipinski definition) is 2. The summed E-state index contributed by atoms with van der Waals surface area (Å²) in [5, 5.41) is 0.610. The highest BCUT2D eigenvalue weighted by Gasteiger charge is 2.23. The van der Waals surface area contributed by atoms with Crippen molar-refractivity contribution in [1.82, 2.24) is 9.97 Å². The van der Waals surface area contributed by atoms with Crippen molar-refractivity contribution in [3.05, 3.63) is 47.0 Å². The molecule has 2 aromatic heterocycles. The lowest BCUT2D eigenvalue weighted by Crippen LogP contribution is -2.07. The zero-order valence-corrected chi connectivity index (χ0v) is 18.7. The van der Waals surface area contributed by atoms with Gasteiger partial charge in [0.2, 0.25) is 11.5 Å². The van der Waals surface area contributed by atoms with Crippen LogP contribution in [0.5, 0.6) is 23.0 Å². The largest absolute Gasteiger partial charge is 0.495 e. The summed E-state index contributed by atoms with van der Waals surface area (Å²) in [5.74, 6) is 2.45. The van der Waals surface area contributed by atoms with Gasteiger partial charge in [0.15, 0.2) is 11.5 Å². The Morgan fingerprint density at radius 3 is 2.12 bits per heavy atom. The molecule has 0 aliphatic carbocycles. The monoisotopic (exact) mass is 459 g/mol. The fourth-order valence-electron chi connectivity index (χ4n) is 3.50. The topological polar surface area (TPSA) is 122 Å². The lowest BCUT2D eigenvalue weighted by atomic mass is 9.98. The number of aromatic nitrogens is 2. The van der Waals surface area contributed by atoms with Gasteiger partial charge in [0.25, 0.3) is 0 Å². The number of nitrogen functional groups attached to an aromatic ring is 1. The van der Waals surface area contributed by atoms with E-state index < -0.39 is 5.69 Å². The van der Waals surface area contributed by atoms with Crippen LogP contribution in [0.15, 0.2) is 45.7 Å². The van der Waals surface area contributed by atoms with Crippen molar-refractivity contribution in [2.45, 2.75) is 0 Å². The maximum absolute atomic E-state index is 11.8. The maximum atomic E-state index is 11.8. The molecular formula is C22H22ClN3O6. The van der Waals surface area contributed by atoms with Gasteiger partial charge in [-0.05, 0) is 35.9 Å². The summed E-state index contributed by atoms with van der Waals surface area (Å²) in [5.41, 5.74) is 8.42. The maximum Gasteiger partial charge on any atom is 0.347 e. The van der Waals surface area contributed by atoms with E-state index in [1.54, 1.807) is 45.6 Å². The van der Waals surface area contributed by atoms with E-state index in [9.17, 15) is 4.79 Å². The molecule has 9 nitrogen and oxygen atoms in total. The Morgan fingerprint density at radius 1 is 0.906 bits per heavy atom. The number of furan rings is 1. The van der Waals surface area contributed by atoms with E-state index >= 15 is 0 Å². The van der Waals surface area contributed by atoms with Gasteiger partial charge in [-0.3, -0.25) is 4.98 Å². The number of aromatic amines is 1. The van der Waals surface area contributed by atoms with Gasteiger partial charge >= 0.3 is 5.69 Å². The van der Waals surface area contributed by atoms with E-state index in [0.717, 1.165) is 0 Å². The van der Waals surface area contributed by atoms with Gasteiger partial charge in [0.1, 0.15) is 11.5 Å². The van der Waals surface area contributed by atoms with Gasteiger partial charge in [-0.2, -0.15) is 0 Å². The number of fused-ring (bicyclic) bond motifs is 1. The van der Waals surface area contributed by atoms with Crippen molar-refractivity contribution in [3.63, 3.8) is 0 Å². The van der Waals surface area contributed by atoms with Crippen LogP contribution in [0.4, 0.5) is 5.69 Å². The molecule has 4 rings (SSSR count). The molecule has 0 unspecified atom stereocenters. The first-order valence-corrected chi connectivity index (χ1v) is 9.26. The molecule has 0 saturated heterocycles. The number of nitrogens with two attached hydrogens (primary N) is 1. The van der Waals surface area contributed by atoms with Gasteiger partial charge in [-0.1, -0.05) is 0 Å². The van der Waals surface area contributed by atoms with Crippen molar-refractivity contribution >= 4 is 29.2 Å².